The maximum atomic E-state index is 12.9. The van der Waals surface area contributed by atoms with Gasteiger partial charge in [0.2, 0.25) is 5.95 Å². The van der Waals surface area contributed by atoms with Crippen LogP contribution in [-0.4, -0.2) is 23.6 Å². The smallest absolute Gasteiger partial charge is 0.229 e. The lowest BCUT2D eigenvalue weighted by Gasteiger charge is -2.09. The molecule has 6 heteroatoms. The molecule has 0 aliphatic rings. The Hall–Kier alpha value is -3.15. The van der Waals surface area contributed by atoms with E-state index in [-0.39, 0.29) is 5.82 Å². The van der Waals surface area contributed by atoms with Gasteiger partial charge in [-0.15, -0.1) is 0 Å². The van der Waals surface area contributed by atoms with E-state index in [2.05, 4.69) is 20.6 Å². The van der Waals surface area contributed by atoms with E-state index in [1.54, 1.807) is 25.4 Å². The van der Waals surface area contributed by atoms with Crippen LogP contribution in [0.2, 0.25) is 0 Å². The van der Waals surface area contributed by atoms with Gasteiger partial charge in [0.15, 0.2) is 0 Å². The van der Waals surface area contributed by atoms with Crippen molar-refractivity contribution in [2.75, 3.05) is 24.3 Å². The first kappa shape index (κ1) is 16.7. The Morgan fingerprint density at radius 1 is 1.00 bits per heavy atom. The van der Waals surface area contributed by atoms with E-state index in [1.165, 1.54) is 17.7 Å². The van der Waals surface area contributed by atoms with Gasteiger partial charge >= 0.3 is 0 Å². The second kappa shape index (κ2) is 8.10. The number of aromatic nitrogens is 2. The molecule has 3 rings (SSSR count). The van der Waals surface area contributed by atoms with E-state index in [0.717, 1.165) is 30.2 Å². The molecule has 0 spiro atoms. The fraction of sp³-hybridized carbons (Fsp3) is 0.158. The summed E-state index contributed by atoms with van der Waals surface area (Å²) in [5.74, 6) is 1.76. The van der Waals surface area contributed by atoms with Crippen LogP contribution in [0.15, 0.2) is 60.8 Å². The molecule has 1 aromatic heterocycles. The summed E-state index contributed by atoms with van der Waals surface area (Å²) in [5, 5.41) is 6.32. The summed E-state index contributed by atoms with van der Waals surface area (Å²) in [4.78, 5) is 8.57. The van der Waals surface area contributed by atoms with E-state index in [0.29, 0.717) is 5.95 Å². The Morgan fingerprint density at radius 3 is 2.48 bits per heavy atom. The first-order chi connectivity index (χ1) is 12.2. The van der Waals surface area contributed by atoms with Crippen LogP contribution in [0.1, 0.15) is 5.56 Å². The highest BCUT2D eigenvalue weighted by molar-refractivity contribution is 5.54. The summed E-state index contributed by atoms with van der Waals surface area (Å²) in [6, 6.07) is 15.9. The molecule has 0 atom stereocenters. The molecule has 25 heavy (non-hydrogen) atoms. The quantitative estimate of drug-likeness (QED) is 0.681. The van der Waals surface area contributed by atoms with Gasteiger partial charge in [-0.25, -0.2) is 9.37 Å². The molecule has 0 aliphatic heterocycles. The average Bonchev–Trinajstić information content (AvgIpc) is 2.65. The van der Waals surface area contributed by atoms with Crippen LogP contribution in [0.5, 0.6) is 5.75 Å². The summed E-state index contributed by atoms with van der Waals surface area (Å²) in [7, 11) is 1.66. The predicted octanol–water partition coefficient (Wildman–Crippen LogP) is 4.02. The molecule has 5 nitrogen and oxygen atoms in total. The number of methoxy groups -OCH3 is 1. The topological polar surface area (TPSA) is 59.1 Å². The number of rotatable bonds is 7. The summed E-state index contributed by atoms with van der Waals surface area (Å²) >= 11 is 0. The molecule has 0 amide bonds. The van der Waals surface area contributed by atoms with E-state index in [4.69, 9.17) is 4.74 Å². The average molecular weight is 338 g/mol. The van der Waals surface area contributed by atoms with Crippen molar-refractivity contribution < 1.29 is 9.13 Å². The normalized spacial score (nSPS) is 10.3. The lowest BCUT2D eigenvalue weighted by atomic mass is 10.1. The van der Waals surface area contributed by atoms with Crippen LogP contribution < -0.4 is 15.4 Å². The van der Waals surface area contributed by atoms with Crippen LogP contribution >= 0.6 is 0 Å². The highest BCUT2D eigenvalue weighted by atomic mass is 19.1. The number of benzene rings is 2. The Morgan fingerprint density at radius 2 is 1.76 bits per heavy atom. The van der Waals surface area contributed by atoms with Gasteiger partial charge in [0.05, 0.1) is 7.11 Å². The van der Waals surface area contributed by atoms with Crippen LogP contribution in [0.4, 0.5) is 21.8 Å². The van der Waals surface area contributed by atoms with Crippen LogP contribution in [0.3, 0.4) is 0 Å². The van der Waals surface area contributed by atoms with Crippen molar-refractivity contribution in [3.63, 3.8) is 0 Å². The van der Waals surface area contributed by atoms with Crippen molar-refractivity contribution in [3.8, 4) is 5.75 Å². The second-order valence-corrected chi connectivity index (χ2v) is 5.42. The van der Waals surface area contributed by atoms with Gasteiger partial charge < -0.3 is 15.4 Å². The van der Waals surface area contributed by atoms with Gasteiger partial charge in [-0.1, -0.05) is 12.1 Å². The van der Waals surface area contributed by atoms with Crippen LogP contribution in [0.25, 0.3) is 0 Å². The molecule has 0 unspecified atom stereocenters. The predicted molar refractivity (Wildman–Crippen MR) is 96.9 cm³/mol. The summed E-state index contributed by atoms with van der Waals surface area (Å²) in [6.45, 7) is 0.749. The highest BCUT2D eigenvalue weighted by Crippen LogP contribution is 2.15. The molecule has 0 bridgehead atoms. The summed E-state index contributed by atoms with van der Waals surface area (Å²) in [6.07, 6.45) is 2.54. The largest absolute Gasteiger partial charge is 0.497 e. The molecule has 128 valence electrons. The maximum Gasteiger partial charge on any atom is 0.229 e. The third-order valence-corrected chi connectivity index (χ3v) is 3.63. The van der Waals surface area contributed by atoms with Crippen molar-refractivity contribution in [2.24, 2.45) is 0 Å². The van der Waals surface area contributed by atoms with Gasteiger partial charge in [-0.3, -0.25) is 0 Å². The monoisotopic (exact) mass is 338 g/mol. The third kappa shape index (κ3) is 4.91. The number of hydrogen-bond donors (Lipinski definition) is 2. The fourth-order valence-corrected chi connectivity index (χ4v) is 2.31. The zero-order valence-corrected chi connectivity index (χ0v) is 13.9. The zero-order valence-electron chi connectivity index (χ0n) is 13.9. The molecule has 0 saturated carbocycles. The minimum absolute atomic E-state index is 0.277. The van der Waals surface area contributed by atoms with Crippen LogP contribution in [0, 0.1) is 5.82 Å². The third-order valence-electron chi connectivity index (χ3n) is 3.63. The maximum absolute atomic E-state index is 12.9. The molecule has 0 aliphatic carbocycles. The van der Waals surface area contributed by atoms with Gasteiger partial charge in [0.25, 0.3) is 0 Å². The number of nitrogens with zero attached hydrogens (tertiary/aromatic N) is 2. The van der Waals surface area contributed by atoms with Crippen molar-refractivity contribution in [1.29, 1.82) is 0 Å². The Balaban J connectivity index is 1.55. The van der Waals surface area contributed by atoms with Gasteiger partial charge in [0.1, 0.15) is 17.4 Å². The van der Waals surface area contributed by atoms with Crippen molar-refractivity contribution in [2.45, 2.75) is 6.42 Å². The minimum atomic E-state index is -0.277. The standard InChI is InChI=1S/C19H19FN4O/c1-25-17-8-2-14(3-9-17)10-12-21-18-11-13-22-19(24-18)23-16-6-4-15(20)5-7-16/h2-9,11,13H,10,12H2,1H3,(H2,21,22,23,24). The molecule has 2 N–H and O–H groups in total. The lowest BCUT2D eigenvalue weighted by molar-refractivity contribution is 0.414. The molecular weight excluding hydrogens is 319 g/mol. The number of nitrogens with one attached hydrogen (secondary N) is 2. The number of ether oxygens (including phenoxy) is 1. The fourth-order valence-electron chi connectivity index (χ4n) is 2.31. The molecule has 1 heterocycles. The van der Waals surface area contributed by atoms with Gasteiger partial charge in [-0.2, -0.15) is 4.98 Å². The zero-order chi connectivity index (χ0) is 17.5. The Kier molecular flexibility index (Phi) is 5.41. The summed E-state index contributed by atoms with van der Waals surface area (Å²) in [5.41, 5.74) is 1.95. The molecule has 0 saturated heterocycles. The number of halogens is 1. The molecule has 3 aromatic rings. The van der Waals surface area contributed by atoms with Crippen molar-refractivity contribution in [1.82, 2.24) is 9.97 Å². The summed E-state index contributed by atoms with van der Waals surface area (Å²) < 4.78 is 18.1. The van der Waals surface area contributed by atoms with E-state index < -0.39 is 0 Å². The molecule has 0 radical (unpaired) electrons. The van der Waals surface area contributed by atoms with Gasteiger partial charge in [0, 0.05) is 18.4 Å². The SMILES string of the molecule is COc1ccc(CCNc2ccnc(Nc3ccc(F)cc3)n2)cc1. The van der Waals surface area contributed by atoms with Crippen molar-refractivity contribution >= 4 is 17.5 Å². The lowest BCUT2D eigenvalue weighted by Crippen LogP contribution is -2.07. The highest BCUT2D eigenvalue weighted by Gasteiger charge is 2.01. The van der Waals surface area contributed by atoms with Gasteiger partial charge in [-0.05, 0) is 54.4 Å². The van der Waals surface area contributed by atoms with E-state index in [9.17, 15) is 4.39 Å². The molecule has 2 aromatic carbocycles. The Labute approximate surface area is 145 Å². The van der Waals surface area contributed by atoms with Crippen molar-refractivity contribution in [3.05, 3.63) is 72.2 Å². The van der Waals surface area contributed by atoms with Crippen LogP contribution in [-0.2, 0) is 6.42 Å². The first-order valence-corrected chi connectivity index (χ1v) is 7.95. The molecule has 0 fully saturated rings. The number of anilines is 3. The number of hydrogen-bond acceptors (Lipinski definition) is 5. The Bertz CT molecular complexity index is 806. The first-order valence-electron chi connectivity index (χ1n) is 7.95. The van der Waals surface area contributed by atoms with E-state index in [1.807, 2.05) is 30.3 Å². The second-order valence-electron chi connectivity index (χ2n) is 5.42. The minimum Gasteiger partial charge on any atom is -0.497 e. The molecular formula is C19H19FN4O. The van der Waals surface area contributed by atoms with E-state index >= 15 is 0 Å².